The summed E-state index contributed by atoms with van der Waals surface area (Å²) in [5.74, 6) is 3.56. The summed E-state index contributed by atoms with van der Waals surface area (Å²) in [5, 5.41) is 8.02. The molecule has 0 aliphatic carbocycles. The van der Waals surface area contributed by atoms with Gasteiger partial charge in [0, 0.05) is 25.4 Å². The van der Waals surface area contributed by atoms with E-state index in [9.17, 15) is 0 Å². The third kappa shape index (κ3) is 3.01. The van der Waals surface area contributed by atoms with Gasteiger partial charge in [-0.1, -0.05) is 6.92 Å². The Morgan fingerprint density at radius 1 is 1.62 bits per heavy atom. The van der Waals surface area contributed by atoms with Gasteiger partial charge in [0.25, 0.3) is 0 Å². The van der Waals surface area contributed by atoms with Crippen molar-refractivity contribution >= 4 is 11.8 Å². The quantitative estimate of drug-likeness (QED) is 0.850. The zero-order valence-corrected chi connectivity index (χ0v) is 11.0. The number of hydrogen-bond acceptors (Lipinski definition) is 3. The Bertz CT molecular complexity index is 329. The summed E-state index contributed by atoms with van der Waals surface area (Å²) in [7, 11) is 2.00. The van der Waals surface area contributed by atoms with Gasteiger partial charge >= 0.3 is 0 Å². The van der Waals surface area contributed by atoms with Crippen LogP contribution in [0.25, 0.3) is 0 Å². The number of aromatic nitrogens is 2. The van der Waals surface area contributed by atoms with Crippen LogP contribution in [0.2, 0.25) is 0 Å². The summed E-state index contributed by atoms with van der Waals surface area (Å²) >= 11 is 2.08. The van der Waals surface area contributed by atoms with E-state index in [-0.39, 0.29) is 0 Å². The molecule has 4 heteroatoms. The first-order chi connectivity index (χ1) is 7.79. The number of nitrogens with one attached hydrogen (secondary N) is 1. The summed E-state index contributed by atoms with van der Waals surface area (Å²) in [4.78, 5) is 0. The Labute approximate surface area is 102 Å². The highest BCUT2D eigenvalue weighted by Gasteiger charge is 2.15. The molecule has 0 spiro atoms. The Kier molecular flexibility index (Phi) is 4.29. The molecule has 1 aliphatic heterocycles. The van der Waals surface area contributed by atoms with E-state index in [1.165, 1.54) is 29.2 Å². The second-order valence-electron chi connectivity index (χ2n) is 4.49. The Morgan fingerprint density at radius 3 is 3.19 bits per heavy atom. The van der Waals surface area contributed by atoms with Crippen molar-refractivity contribution in [1.82, 2.24) is 15.1 Å². The van der Waals surface area contributed by atoms with Gasteiger partial charge in [-0.15, -0.1) is 0 Å². The molecule has 2 rings (SSSR count). The van der Waals surface area contributed by atoms with Gasteiger partial charge in [-0.2, -0.15) is 16.9 Å². The van der Waals surface area contributed by atoms with Crippen molar-refractivity contribution in [2.24, 2.45) is 13.0 Å². The number of thioether (sulfide) groups is 1. The maximum absolute atomic E-state index is 4.45. The molecule has 0 amide bonds. The zero-order valence-electron chi connectivity index (χ0n) is 10.2. The first kappa shape index (κ1) is 12.0. The topological polar surface area (TPSA) is 29.9 Å². The number of aryl methyl sites for hydroxylation is 2. The van der Waals surface area contributed by atoms with E-state index in [4.69, 9.17) is 0 Å². The standard InChI is InChI=1S/C12H21N3S/c1-3-12-11(8-15(2)14-12)7-13-6-10-4-5-16-9-10/h8,10,13H,3-7,9H2,1-2H3. The van der Waals surface area contributed by atoms with Gasteiger partial charge in [-0.3, -0.25) is 4.68 Å². The second-order valence-corrected chi connectivity index (χ2v) is 5.64. The molecular formula is C12H21N3S. The molecule has 1 aromatic rings. The van der Waals surface area contributed by atoms with Crippen LogP contribution in [0.3, 0.4) is 0 Å². The molecule has 1 unspecified atom stereocenters. The van der Waals surface area contributed by atoms with Gasteiger partial charge in [0.1, 0.15) is 0 Å². The van der Waals surface area contributed by atoms with Crippen molar-refractivity contribution in [1.29, 1.82) is 0 Å². The summed E-state index contributed by atoms with van der Waals surface area (Å²) in [6.45, 7) is 4.29. The van der Waals surface area contributed by atoms with Crippen LogP contribution in [0.5, 0.6) is 0 Å². The molecule has 0 bridgehead atoms. The minimum absolute atomic E-state index is 0.881. The van der Waals surface area contributed by atoms with Gasteiger partial charge in [-0.05, 0) is 36.8 Å². The van der Waals surface area contributed by atoms with E-state index in [1.807, 2.05) is 11.7 Å². The Balaban J connectivity index is 1.79. The molecule has 0 saturated carbocycles. The van der Waals surface area contributed by atoms with E-state index in [0.717, 1.165) is 25.4 Å². The molecule has 0 aromatic carbocycles. The van der Waals surface area contributed by atoms with Gasteiger partial charge in [0.2, 0.25) is 0 Å². The van der Waals surface area contributed by atoms with Crippen LogP contribution >= 0.6 is 11.8 Å². The van der Waals surface area contributed by atoms with Gasteiger partial charge in [0.15, 0.2) is 0 Å². The van der Waals surface area contributed by atoms with Crippen molar-refractivity contribution in [2.45, 2.75) is 26.3 Å². The van der Waals surface area contributed by atoms with Gasteiger partial charge in [-0.25, -0.2) is 0 Å². The van der Waals surface area contributed by atoms with E-state index in [1.54, 1.807) is 0 Å². The van der Waals surface area contributed by atoms with E-state index in [0.29, 0.717) is 0 Å². The molecule has 1 N–H and O–H groups in total. The molecule has 1 saturated heterocycles. The first-order valence-electron chi connectivity index (χ1n) is 6.09. The average Bonchev–Trinajstić information content (AvgIpc) is 2.88. The number of hydrogen-bond donors (Lipinski definition) is 1. The van der Waals surface area contributed by atoms with Crippen LogP contribution < -0.4 is 5.32 Å². The summed E-state index contributed by atoms with van der Waals surface area (Å²) in [6, 6.07) is 0. The Hall–Kier alpha value is -0.480. The monoisotopic (exact) mass is 239 g/mol. The molecule has 1 atom stereocenters. The van der Waals surface area contributed by atoms with Gasteiger partial charge in [0.05, 0.1) is 5.69 Å². The zero-order chi connectivity index (χ0) is 11.4. The average molecular weight is 239 g/mol. The van der Waals surface area contributed by atoms with Crippen LogP contribution in [0, 0.1) is 5.92 Å². The maximum Gasteiger partial charge on any atom is 0.0666 e. The fourth-order valence-corrected chi connectivity index (χ4v) is 3.47. The molecule has 90 valence electrons. The lowest BCUT2D eigenvalue weighted by Crippen LogP contribution is -2.22. The van der Waals surface area contributed by atoms with Crippen LogP contribution in [-0.4, -0.2) is 27.8 Å². The largest absolute Gasteiger partial charge is 0.312 e. The van der Waals surface area contributed by atoms with Crippen LogP contribution in [0.1, 0.15) is 24.6 Å². The van der Waals surface area contributed by atoms with Crippen molar-refractivity contribution in [3.63, 3.8) is 0 Å². The fourth-order valence-electron chi connectivity index (χ4n) is 2.18. The summed E-state index contributed by atoms with van der Waals surface area (Å²) in [5.41, 5.74) is 2.59. The smallest absolute Gasteiger partial charge is 0.0666 e. The highest BCUT2D eigenvalue weighted by molar-refractivity contribution is 7.99. The highest BCUT2D eigenvalue weighted by Crippen LogP contribution is 2.22. The minimum Gasteiger partial charge on any atom is -0.312 e. The fraction of sp³-hybridized carbons (Fsp3) is 0.750. The van der Waals surface area contributed by atoms with E-state index in [2.05, 4.69) is 35.3 Å². The van der Waals surface area contributed by atoms with E-state index >= 15 is 0 Å². The number of nitrogens with zero attached hydrogens (tertiary/aromatic N) is 2. The molecule has 0 radical (unpaired) electrons. The van der Waals surface area contributed by atoms with Crippen LogP contribution in [0.4, 0.5) is 0 Å². The van der Waals surface area contributed by atoms with Crippen LogP contribution in [0.15, 0.2) is 6.20 Å². The maximum atomic E-state index is 4.45. The minimum atomic E-state index is 0.881. The SMILES string of the molecule is CCc1nn(C)cc1CNCC1CCSC1. The molecule has 3 nitrogen and oxygen atoms in total. The lowest BCUT2D eigenvalue weighted by Gasteiger charge is -2.09. The van der Waals surface area contributed by atoms with Crippen molar-refractivity contribution in [2.75, 3.05) is 18.1 Å². The van der Waals surface area contributed by atoms with Crippen molar-refractivity contribution in [3.05, 3.63) is 17.5 Å². The third-order valence-electron chi connectivity index (χ3n) is 3.10. The molecule has 2 heterocycles. The normalized spacial score (nSPS) is 20.5. The second kappa shape index (κ2) is 5.73. The lowest BCUT2D eigenvalue weighted by atomic mass is 10.1. The van der Waals surface area contributed by atoms with Crippen LogP contribution in [-0.2, 0) is 20.0 Å². The predicted molar refractivity (Wildman–Crippen MR) is 69.7 cm³/mol. The Morgan fingerprint density at radius 2 is 2.50 bits per heavy atom. The molecule has 16 heavy (non-hydrogen) atoms. The first-order valence-corrected chi connectivity index (χ1v) is 7.25. The van der Waals surface area contributed by atoms with Crippen molar-refractivity contribution < 1.29 is 0 Å². The van der Waals surface area contributed by atoms with Crippen molar-refractivity contribution in [3.8, 4) is 0 Å². The molecular weight excluding hydrogens is 218 g/mol. The molecule has 1 fully saturated rings. The summed E-state index contributed by atoms with van der Waals surface area (Å²) < 4.78 is 1.92. The predicted octanol–water partition coefficient (Wildman–Crippen LogP) is 1.83. The van der Waals surface area contributed by atoms with E-state index < -0.39 is 0 Å². The molecule has 1 aliphatic rings. The lowest BCUT2D eigenvalue weighted by molar-refractivity contribution is 0.522. The van der Waals surface area contributed by atoms with Gasteiger partial charge < -0.3 is 5.32 Å². The third-order valence-corrected chi connectivity index (χ3v) is 4.33. The summed E-state index contributed by atoms with van der Waals surface area (Å²) in [6.07, 6.45) is 4.54. The highest BCUT2D eigenvalue weighted by atomic mass is 32.2. The molecule has 1 aromatic heterocycles. The number of rotatable bonds is 5.